The molecule has 3 rings (SSSR count). The molecule has 0 saturated carbocycles. The Hall–Kier alpha value is -3.08. The van der Waals surface area contributed by atoms with Crippen molar-refractivity contribution in [3.63, 3.8) is 0 Å². The van der Waals surface area contributed by atoms with Crippen molar-refractivity contribution >= 4 is 22.8 Å². The van der Waals surface area contributed by atoms with Crippen LogP contribution in [-0.4, -0.2) is 21.6 Å². The predicted molar refractivity (Wildman–Crippen MR) is 92.2 cm³/mol. The smallest absolute Gasteiger partial charge is 0.335 e. The van der Waals surface area contributed by atoms with Gasteiger partial charge in [0.2, 0.25) is 0 Å². The summed E-state index contributed by atoms with van der Waals surface area (Å²) in [5.74, 6) is -1.13. The predicted octanol–water partition coefficient (Wildman–Crippen LogP) is 3.37. The maximum atomic E-state index is 12.6. The number of carbonyl (C=O) groups excluding carboxylic acids is 1. The summed E-state index contributed by atoms with van der Waals surface area (Å²) in [4.78, 5) is 23.5. The second kappa shape index (κ2) is 6.20. The molecule has 24 heavy (non-hydrogen) atoms. The Kier molecular flexibility index (Phi) is 4.08. The first kappa shape index (κ1) is 15.8. The molecule has 5 heteroatoms. The fourth-order valence-electron chi connectivity index (χ4n) is 2.78. The molecule has 1 aromatic heterocycles. The summed E-state index contributed by atoms with van der Waals surface area (Å²) in [5, 5.41) is 12.9. The van der Waals surface area contributed by atoms with Gasteiger partial charge in [-0.1, -0.05) is 30.3 Å². The highest BCUT2D eigenvalue weighted by molar-refractivity contribution is 5.98. The van der Waals surface area contributed by atoms with Crippen molar-refractivity contribution in [1.29, 1.82) is 0 Å². The van der Waals surface area contributed by atoms with E-state index in [0.29, 0.717) is 5.69 Å². The Morgan fingerprint density at radius 1 is 1.08 bits per heavy atom. The zero-order chi connectivity index (χ0) is 17.3. The molecule has 0 spiro atoms. The molecule has 0 unspecified atom stereocenters. The number of carbonyl (C=O) groups is 2. The van der Waals surface area contributed by atoms with Crippen molar-refractivity contribution < 1.29 is 14.7 Å². The summed E-state index contributed by atoms with van der Waals surface area (Å²) in [5.41, 5.74) is 2.67. The van der Waals surface area contributed by atoms with Crippen LogP contribution in [0.3, 0.4) is 0 Å². The van der Waals surface area contributed by atoms with E-state index < -0.39 is 5.97 Å². The van der Waals surface area contributed by atoms with Crippen LogP contribution in [-0.2, 0) is 7.05 Å². The number of rotatable bonds is 4. The van der Waals surface area contributed by atoms with Crippen molar-refractivity contribution in [3.05, 3.63) is 71.4 Å². The quantitative estimate of drug-likeness (QED) is 0.773. The van der Waals surface area contributed by atoms with Crippen LogP contribution < -0.4 is 5.32 Å². The summed E-state index contributed by atoms with van der Waals surface area (Å²) >= 11 is 0. The third-order valence-electron chi connectivity index (χ3n) is 4.19. The van der Waals surface area contributed by atoms with E-state index in [2.05, 4.69) is 5.32 Å². The molecule has 0 radical (unpaired) electrons. The van der Waals surface area contributed by atoms with Crippen molar-refractivity contribution in [1.82, 2.24) is 9.88 Å². The number of fused-ring (bicyclic) bond motifs is 1. The number of aryl methyl sites for hydroxylation is 1. The van der Waals surface area contributed by atoms with Gasteiger partial charge in [0.15, 0.2) is 0 Å². The fraction of sp³-hybridized carbons (Fsp3) is 0.158. The molecule has 2 N–H and O–H groups in total. The summed E-state index contributed by atoms with van der Waals surface area (Å²) in [7, 11) is 1.86. The summed E-state index contributed by atoms with van der Waals surface area (Å²) in [6.07, 6.45) is 0. The van der Waals surface area contributed by atoms with Crippen LogP contribution in [0.2, 0.25) is 0 Å². The first-order valence-corrected chi connectivity index (χ1v) is 7.66. The van der Waals surface area contributed by atoms with E-state index in [1.165, 1.54) is 12.1 Å². The number of hydrogen-bond donors (Lipinski definition) is 2. The highest BCUT2D eigenvalue weighted by Gasteiger charge is 2.16. The lowest BCUT2D eigenvalue weighted by Gasteiger charge is -2.15. The van der Waals surface area contributed by atoms with Crippen LogP contribution >= 0.6 is 0 Å². The lowest BCUT2D eigenvalue weighted by Crippen LogP contribution is -2.28. The molecular formula is C19H18N2O3. The number of hydrogen-bond acceptors (Lipinski definition) is 2. The fourth-order valence-corrected chi connectivity index (χ4v) is 2.78. The van der Waals surface area contributed by atoms with Gasteiger partial charge in [0.05, 0.1) is 11.6 Å². The number of carboxylic acid groups (broad SMARTS) is 1. The second-order valence-corrected chi connectivity index (χ2v) is 5.77. The van der Waals surface area contributed by atoms with Crippen molar-refractivity contribution in [2.24, 2.45) is 7.05 Å². The average Bonchev–Trinajstić information content (AvgIpc) is 2.92. The maximum Gasteiger partial charge on any atom is 0.335 e. The Bertz CT molecular complexity index is 910. The molecule has 3 aromatic rings. The summed E-state index contributed by atoms with van der Waals surface area (Å²) in [6.45, 7) is 1.87. The van der Waals surface area contributed by atoms with Crippen LogP contribution in [0.25, 0.3) is 10.9 Å². The largest absolute Gasteiger partial charge is 0.478 e. The molecular weight excluding hydrogens is 304 g/mol. The first-order valence-electron chi connectivity index (χ1n) is 7.66. The SMILES string of the molecule is C[C@@H](NC(=O)c1cc2ccccc2n1C)c1ccc(C(=O)O)cc1. The lowest BCUT2D eigenvalue weighted by molar-refractivity contribution is 0.0696. The van der Waals surface area contributed by atoms with Gasteiger partial charge in [0.25, 0.3) is 5.91 Å². The van der Waals surface area contributed by atoms with Gasteiger partial charge in [0.1, 0.15) is 5.69 Å². The number of aromatic nitrogens is 1. The molecule has 5 nitrogen and oxygen atoms in total. The number of benzene rings is 2. The van der Waals surface area contributed by atoms with Gasteiger partial charge in [-0.05, 0) is 36.8 Å². The topological polar surface area (TPSA) is 71.3 Å². The maximum absolute atomic E-state index is 12.6. The van der Waals surface area contributed by atoms with Crippen LogP contribution in [0.5, 0.6) is 0 Å². The molecule has 1 atom stereocenters. The third-order valence-corrected chi connectivity index (χ3v) is 4.19. The molecule has 1 amide bonds. The minimum absolute atomic E-state index is 0.163. The van der Waals surface area contributed by atoms with Gasteiger partial charge in [-0.2, -0.15) is 0 Å². The Morgan fingerprint density at radius 2 is 1.75 bits per heavy atom. The Balaban J connectivity index is 1.80. The second-order valence-electron chi connectivity index (χ2n) is 5.77. The highest BCUT2D eigenvalue weighted by Crippen LogP contribution is 2.20. The van der Waals surface area contributed by atoms with E-state index >= 15 is 0 Å². The van der Waals surface area contributed by atoms with Crippen molar-refractivity contribution in [3.8, 4) is 0 Å². The lowest BCUT2D eigenvalue weighted by atomic mass is 10.1. The van der Waals surface area contributed by atoms with Gasteiger partial charge in [-0.25, -0.2) is 4.79 Å². The molecule has 0 aliphatic rings. The molecule has 0 bridgehead atoms. The molecule has 0 fully saturated rings. The van der Waals surface area contributed by atoms with E-state index in [4.69, 9.17) is 5.11 Å². The Morgan fingerprint density at radius 3 is 2.38 bits per heavy atom. The number of nitrogens with zero attached hydrogens (tertiary/aromatic N) is 1. The zero-order valence-electron chi connectivity index (χ0n) is 13.5. The number of amides is 1. The molecule has 1 heterocycles. The number of para-hydroxylation sites is 1. The minimum Gasteiger partial charge on any atom is -0.478 e. The van der Waals surface area contributed by atoms with Gasteiger partial charge < -0.3 is 15.0 Å². The van der Waals surface area contributed by atoms with Gasteiger partial charge in [-0.15, -0.1) is 0 Å². The van der Waals surface area contributed by atoms with Crippen LogP contribution in [0.15, 0.2) is 54.6 Å². The van der Waals surface area contributed by atoms with E-state index in [0.717, 1.165) is 16.5 Å². The van der Waals surface area contributed by atoms with E-state index in [9.17, 15) is 9.59 Å². The third kappa shape index (κ3) is 2.88. The molecule has 0 aliphatic carbocycles. The van der Waals surface area contributed by atoms with E-state index in [-0.39, 0.29) is 17.5 Å². The van der Waals surface area contributed by atoms with Gasteiger partial charge in [-0.3, -0.25) is 4.79 Å². The van der Waals surface area contributed by atoms with Crippen LogP contribution in [0, 0.1) is 0 Å². The molecule has 122 valence electrons. The van der Waals surface area contributed by atoms with Crippen LogP contribution in [0.1, 0.15) is 39.4 Å². The molecule has 0 aliphatic heterocycles. The average molecular weight is 322 g/mol. The molecule has 0 saturated heterocycles. The normalized spacial score (nSPS) is 12.1. The van der Waals surface area contributed by atoms with Crippen molar-refractivity contribution in [2.75, 3.05) is 0 Å². The Labute approximate surface area is 139 Å². The zero-order valence-corrected chi connectivity index (χ0v) is 13.5. The minimum atomic E-state index is -0.964. The first-order chi connectivity index (χ1) is 11.5. The highest BCUT2D eigenvalue weighted by atomic mass is 16.4. The standard InChI is InChI=1S/C19H18N2O3/c1-12(13-7-9-14(10-8-13)19(23)24)20-18(22)17-11-15-5-3-4-6-16(15)21(17)2/h3-12H,1-2H3,(H,20,22)(H,23,24)/t12-/m1/s1. The van der Waals surface area contributed by atoms with Crippen molar-refractivity contribution in [2.45, 2.75) is 13.0 Å². The molecule has 2 aromatic carbocycles. The van der Waals surface area contributed by atoms with Gasteiger partial charge in [0, 0.05) is 18.0 Å². The van der Waals surface area contributed by atoms with E-state index in [1.54, 1.807) is 12.1 Å². The number of carboxylic acids is 1. The number of aromatic carboxylic acids is 1. The summed E-state index contributed by atoms with van der Waals surface area (Å²) < 4.78 is 1.87. The van der Waals surface area contributed by atoms with E-state index in [1.807, 2.05) is 48.9 Å². The summed E-state index contributed by atoms with van der Waals surface area (Å²) in [6, 6.07) is 16.0. The van der Waals surface area contributed by atoms with Crippen LogP contribution in [0.4, 0.5) is 0 Å². The number of nitrogens with one attached hydrogen (secondary N) is 1. The monoisotopic (exact) mass is 322 g/mol. The van der Waals surface area contributed by atoms with Gasteiger partial charge >= 0.3 is 5.97 Å².